The van der Waals surface area contributed by atoms with Gasteiger partial charge >= 0.3 is 0 Å². The molecule has 20 heavy (non-hydrogen) atoms. The van der Waals surface area contributed by atoms with Crippen molar-refractivity contribution in [2.45, 2.75) is 44.4 Å². The van der Waals surface area contributed by atoms with Gasteiger partial charge in [-0.2, -0.15) is 0 Å². The lowest BCUT2D eigenvalue weighted by molar-refractivity contribution is -0.0715. The number of nitrogens with zero attached hydrogens (tertiary/aromatic N) is 3. The van der Waals surface area contributed by atoms with Crippen LogP contribution in [0.5, 0.6) is 0 Å². The van der Waals surface area contributed by atoms with E-state index in [2.05, 4.69) is 9.97 Å². The molecule has 1 aliphatic rings. The minimum Gasteiger partial charge on any atom is -0.388 e. The highest BCUT2D eigenvalue weighted by Crippen LogP contribution is 2.25. The number of carbonyl (C=O) groups is 1. The van der Waals surface area contributed by atoms with Crippen LogP contribution in [0.15, 0.2) is 12.4 Å². The largest absolute Gasteiger partial charge is 0.388 e. The molecule has 6 heteroatoms. The lowest BCUT2D eigenvalue weighted by atomic mass is 9.89. The van der Waals surface area contributed by atoms with Crippen LogP contribution in [0.25, 0.3) is 0 Å². The molecule has 1 N–H and O–H groups in total. The number of aliphatic hydroxyl groups excluding tert-OH is 1. The van der Waals surface area contributed by atoms with Crippen molar-refractivity contribution in [3.8, 4) is 0 Å². The Labute approximate surface area is 118 Å². The maximum absolute atomic E-state index is 12.4. The number of rotatable bonds is 3. The van der Waals surface area contributed by atoms with Crippen molar-refractivity contribution in [3.63, 3.8) is 0 Å². The first-order valence-corrected chi connectivity index (χ1v) is 6.81. The molecule has 0 unspecified atom stereocenters. The van der Waals surface area contributed by atoms with Crippen LogP contribution in [-0.2, 0) is 4.74 Å². The SMILES string of the molecule is CO[C@@H]1CCC[C@@H](N(C)C(=O)c2cnc(C)cn2)[C@H]1O. The minimum atomic E-state index is -0.666. The van der Waals surface area contributed by atoms with E-state index in [-0.39, 0.29) is 18.1 Å². The number of ether oxygens (including phenoxy) is 1. The second-order valence-electron chi connectivity index (χ2n) is 5.22. The summed E-state index contributed by atoms with van der Waals surface area (Å²) in [7, 11) is 3.28. The van der Waals surface area contributed by atoms with E-state index in [0.717, 1.165) is 25.0 Å². The molecular weight excluding hydrogens is 258 g/mol. The Morgan fingerprint density at radius 3 is 2.75 bits per heavy atom. The third-order valence-corrected chi connectivity index (χ3v) is 3.88. The third-order valence-electron chi connectivity index (χ3n) is 3.88. The van der Waals surface area contributed by atoms with Gasteiger partial charge in [0.2, 0.25) is 0 Å². The van der Waals surface area contributed by atoms with Crippen molar-refractivity contribution >= 4 is 5.91 Å². The second kappa shape index (κ2) is 6.28. The summed E-state index contributed by atoms with van der Waals surface area (Å²) in [6.07, 6.45) is 4.67. The van der Waals surface area contributed by atoms with Crippen molar-refractivity contribution in [1.82, 2.24) is 14.9 Å². The topological polar surface area (TPSA) is 75.5 Å². The second-order valence-corrected chi connectivity index (χ2v) is 5.22. The van der Waals surface area contributed by atoms with Gasteiger partial charge in [0.1, 0.15) is 11.8 Å². The van der Waals surface area contributed by atoms with Gasteiger partial charge in [-0.1, -0.05) is 0 Å². The summed E-state index contributed by atoms with van der Waals surface area (Å²) in [4.78, 5) is 22.1. The predicted molar refractivity (Wildman–Crippen MR) is 73.3 cm³/mol. The van der Waals surface area contributed by atoms with Crippen LogP contribution in [0.4, 0.5) is 0 Å². The Morgan fingerprint density at radius 2 is 2.15 bits per heavy atom. The van der Waals surface area contributed by atoms with E-state index in [4.69, 9.17) is 4.74 Å². The Balaban J connectivity index is 2.11. The Bertz CT molecular complexity index is 463. The van der Waals surface area contributed by atoms with Gasteiger partial charge < -0.3 is 14.7 Å². The lowest BCUT2D eigenvalue weighted by Gasteiger charge is -2.38. The van der Waals surface area contributed by atoms with Gasteiger partial charge in [0, 0.05) is 20.4 Å². The molecule has 1 saturated carbocycles. The van der Waals surface area contributed by atoms with E-state index in [1.54, 1.807) is 25.3 Å². The predicted octanol–water partition coefficient (Wildman–Crippen LogP) is 0.785. The maximum Gasteiger partial charge on any atom is 0.274 e. The smallest absolute Gasteiger partial charge is 0.274 e. The lowest BCUT2D eigenvalue weighted by Crippen LogP contribution is -2.52. The van der Waals surface area contributed by atoms with Crippen molar-refractivity contribution < 1.29 is 14.6 Å². The molecule has 6 nitrogen and oxygen atoms in total. The van der Waals surface area contributed by atoms with Crippen LogP contribution < -0.4 is 0 Å². The molecule has 0 aliphatic heterocycles. The molecule has 0 radical (unpaired) electrons. The fourth-order valence-corrected chi connectivity index (χ4v) is 2.63. The molecule has 110 valence electrons. The minimum absolute atomic E-state index is 0.215. The molecule has 1 heterocycles. The summed E-state index contributed by atoms with van der Waals surface area (Å²) in [6, 6.07) is -0.246. The number of methoxy groups -OCH3 is 1. The fraction of sp³-hybridized carbons (Fsp3) is 0.643. The number of hydrogen-bond donors (Lipinski definition) is 1. The molecule has 1 amide bonds. The van der Waals surface area contributed by atoms with Gasteiger partial charge in [0.25, 0.3) is 5.91 Å². The number of carbonyl (C=O) groups excluding carboxylic acids is 1. The van der Waals surface area contributed by atoms with E-state index < -0.39 is 6.10 Å². The molecule has 0 saturated heterocycles. The zero-order valence-electron chi connectivity index (χ0n) is 12.1. The normalized spacial score (nSPS) is 26.3. The zero-order valence-corrected chi connectivity index (χ0v) is 12.1. The number of aromatic nitrogens is 2. The van der Waals surface area contributed by atoms with E-state index in [9.17, 15) is 9.90 Å². The van der Waals surface area contributed by atoms with Gasteiger partial charge in [0.15, 0.2) is 0 Å². The van der Waals surface area contributed by atoms with Crippen LogP contribution in [0.1, 0.15) is 35.4 Å². The maximum atomic E-state index is 12.4. The number of aryl methyl sites for hydroxylation is 1. The van der Waals surface area contributed by atoms with E-state index in [1.165, 1.54) is 6.20 Å². The average Bonchev–Trinajstić information content (AvgIpc) is 2.47. The van der Waals surface area contributed by atoms with Crippen LogP contribution in [0.2, 0.25) is 0 Å². The summed E-state index contributed by atoms with van der Waals surface area (Å²) in [6.45, 7) is 1.82. The highest BCUT2D eigenvalue weighted by atomic mass is 16.5. The molecule has 1 aromatic rings. The molecular formula is C14H21N3O3. The molecule has 1 fully saturated rings. The Hall–Kier alpha value is -1.53. The standard InChI is InChI=1S/C14H21N3O3/c1-9-7-16-10(8-15-9)14(19)17(2)11-5-4-6-12(20-3)13(11)18/h7-8,11-13,18H,4-6H2,1-3H3/t11-,12-,13-/m1/s1. The van der Waals surface area contributed by atoms with Gasteiger partial charge in [0.05, 0.1) is 24.0 Å². The van der Waals surface area contributed by atoms with E-state index in [0.29, 0.717) is 5.69 Å². The van der Waals surface area contributed by atoms with E-state index in [1.807, 2.05) is 6.92 Å². The molecule has 2 rings (SSSR count). The summed E-state index contributed by atoms with van der Waals surface area (Å²) < 4.78 is 5.27. The third kappa shape index (κ3) is 2.96. The summed E-state index contributed by atoms with van der Waals surface area (Å²) in [5, 5.41) is 10.3. The highest BCUT2D eigenvalue weighted by molar-refractivity contribution is 5.92. The quantitative estimate of drug-likeness (QED) is 0.885. The molecule has 0 aromatic carbocycles. The van der Waals surface area contributed by atoms with Crippen LogP contribution >= 0.6 is 0 Å². The molecule has 1 aliphatic carbocycles. The first kappa shape index (κ1) is 14.9. The van der Waals surface area contributed by atoms with Crippen molar-refractivity contribution in [2.24, 2.45) is 0 Å². The molecule has 3 atom stereocenters. The summed E-state index contributed by atoms with van der Waals surface area (Å²) in [5.74, 6) is -0.224. The van der Waals surface area contributed by atoms with Crippen LogP contribution in [0.3, 0.4) is 0 Å². The molecule has 1 aromatic heterocycles. The zero-order chi connectivity index (χ0) is 14.7. The summed E-state index contributed by atoms with van der Waals surface area (Å²) in [5.41, 5.74) is 1.06. The van der Waals surface area contributed by atoms with Crippen molar-refractivity contribution in [2.75, 3.05) is 14.2 Å². The monoisotopic (exact) mass is 279 g/mol. The van der Waals surface area contributed by atoms with Gasteiger partial charge in [-0.05, 0) is 26.2 Å². The number of likely N-dealkylation sites (N-methyl/N-ethyl adjacent to an activating group) is 1. The first-order valence-electron chi connectivity index (χ1n) is 6.81. The van der Waals surface area contributed by atoms with Crippen LogP contribution in [0, 0.1) is 6.92 Å². The number of aliphatic hydroxyl groups is 1. The first-order chi connectivity index (χ1) is 9.54. The summed E-state index contributed by atoms with van der Waals surface area (Å²) >= 11 is 0. The molecule has 0 spiro atoms. The number of amides is 1. The van der Waals surface area contributed by atoms with Gasteiger partial charge in [-0.3, -0.25) is 9.78 Å². The number of hydrogen-bond acceptors (Lipinski definition) is 5. The van der Waals surface area contributed by atoms with Gasteiger partial charge in [-0.25, -0.2) is 4.98 Å². The Morgan fingerprint density at radius 1 is 1.40 bits per heavy atom. The Kier molecular flexibility index (Phi) is 4.67. The fourth-order valence-electron chi connectivity index (χ4n) is 2.63. The van der Waals surface area contributed by atoms with E-state index >= 15 is 0 Å². The average molecular weight is 279 g/mol. The highest BCUT2D eigenvalue weighted by Gasteiger charge is 2.36. The van der Waals surface area contributed by atoms with Gasteiger partial charge in [-0.15, -0.1) is 0 Å². The van der Waals surface area contributed by atoms with Crippen molar-refractivity contribution in [3.05, 3.63) is 23.8 Å². The van der Waals surface area contributed by atoms with Crippen LogP contribution in [-0.4, -0.2) is 58.3 Å². The van der Waals surface area contributed by atoms with Crippen molar-refractivity contribution in [1.29, 1.82) is 0 Å². The molecule has 0 bridgehead atoms.